The summed E-state index contributed by atoms with van der Waals surface area (Å²) in [5.41, 5.74) is 3.44. The normalized spacial score (nSPS) is 9.77. The highest BCUT2D eigenvalue weighted by molar-refractivity contribution is 5.66. The number of rotatable bonds is 6. The fraction of sp³-hybridized carbons (Fsp3) is 0.0952. The Balaban J connectivity index is 1.68. The van der Waals surface area contributed by atoms with Crippen molar-refractivity contribution >= 4 is 5.69 Å². The second-order valence-corrected chi connectivity index (χ2v) is 5.58. The van der Waals surface area contributed by atoms with E-state index in [1.165, 1.54) is 0 Å². The van der Waals surface area contributed by atoms with Crippen LogP contribution < -0.4 is 10.1 Å². The van der Waals surface area contributed by atoms with Gasteiger partial charge in [0.2, 0.25) is 5.88 Å². The number of hydrogen-bond donors (Lipinski definition) is 1. The molecule has 3 aromatic rings. The van der Waals surface area contributed by atoms with Gasteiger partial charge in [-0.2, -0.15) is 10.5 Å². The fourth-order valence-electron chi connectivity index (χ4n) is 2.49. The molecular weight excluding hydrogens is 324 g/mol. The van der Waals surface area contributed by atoms with Crippen LogP contribution in [0.4, 0.5) is 5.69 Å². The summed E-state index contributed by atoms with van der Waals surface area (Å²) in [7, 11) is 0. The van der Waals surface area contributed by atoms with E-state index in [1.54, 1.807) is 24.4 Å². The van der Waals surface area contributed by atoms with Crippen LogP contribution in [0.1, 0.15) is 22.3 Å². The van der Waals surface area contributed by atoms with E-state index in [-0.39, 0.29) is 0 Å². The first-order valence-electron chi connectivity index (χ1n) is 8.09. The van der Waals surface area contributed by atoms with Crippen molar-refractivity contribution in [1.82, 2.24) is 4.98 Å². The number of ether oxygens (including phenoxy) is 1. The number of hydrogen-bond acceptors (Lipinski definition) is 5. The summed E-state index contributed by atoms with van der Waals surface area (Å²) in [6, 6.07) is 22.9. The molecule has 0 fully saturated rings. The molecule has 0 atom stereocenters. The average Bonchev–Trinajstić information content (AvgIpc) is 2.71. The lowest BCUT2D eigenvalue weighted by Crippen LogP contribution is -2.04. The molecule has 126 valence electrons. The van der Waals surface area contributed by atoms with Gasteiger partial charge in [0.15, 0.2) is 0 Å². The monoisotopic (exact) mass is 340 g/mol. The van der Waals surface area contributed by atoms with E-state index in [1.807, 2.05) is 42.5 Å². The predicted molar refractivity (Wildman–Crippen MR) is 98.2 cm³/mol. The van der Waals surface area contributed by atoms with Crippen molar-refractivity contribution in [2.45, 2.75) is 13.2 Å². The smallest absolute Gasteiger partial charge is 0.213 e. The molecule has 5 nitrogen and oxygen atoms in total. The lowest BCUT2D eigenvalue weighted by atomic mass is 10.1. The Morgan fingerprint density at radius 2 is 1.62 bits per heavy atom. The molecule has 1 aromatic heterocycles. The maximum atomic E-state index is 9.23. The number of para-hydroxylation sites is 1. The summed E-state index contributed by atoms with van der Waals surface area (Å²) in [4.78, 5) is 4.22. The minimum absolute atomic E-state index is 0.443. The van der Waals surface area contributed by atoms with Gasteiger partial charge in [0.25, 0.3) is 0 Å². The van der Waals surface area contributed by atoms with Crippen molar-refractivity contribution in [3.05, 3.63) is 89.1 Å². The first-order chi connectivity index (χ1) is 12.8. The molecule has 0 aliphatic rings. The number of pyridine rings is 1. The van der Waals surface area contributed by atoms with E-state index < -0.39 is 0 Å². The number of benzene rings is 2. The van der Waals surface area contributed by atoms with E-state index >= 15 is 0 Å². The average molecular weight is 340 g/mol. The number of nitriles is 2. The van der Waals surface area contributed by atoms with Crippen LogP contribution in [0.15, 0.2) is 66.9 Å². The second kappa shape index (κ2) is 8.32. The molecule has 0 unspecified atom stereocenters. The zero-order valence-corrected chi connectivity index (χ0v) is 14.0. The van der Waals surface area contributed by atoms with Crippen LogP contribution in [0.25, 0.3) is 0 Å². The number of nitrogens with zero attached hydrogens (tertiary/aromatic N) is 3. The second-order valence-electron chi connectivity index (χ2n) is 5.58. The quantitative estimate of drug-likeness (QED) is 0.733. The largest absolute Gasteiger partial charge is 0.473 e. The summed E-state index contributed by atoms with van der Waals surface area (Å²) in [6.07, 6.45) is 1.68. The molecule has 3 rings (SSSR count). The Morgan fingerprint density at radius 1 is 0.885 bits per heavy atom. The van der Waals surface area contributed by atoms with Gasteiger partial charge >= 0.3 is 0 Å². The first-order valence-corrected chi connectivity index (χ1v) is 8.09. The number of anilines is 1. The Labute approximate surface area is 152 Å². The van der Waals surface area contributed by atoms with E-state index in [0.29, 0.717) is 35.8 Å². The summed E-state index contributed by atoms with van der Waals surface area (Å²) >= 11 is 0. The SMILES string of the molecule is N#Cc1cccc(C#N)c1NCc1ccnc(OCc2ccccc2)c1. The third-order valence-corrected chi connectivity index (χ3v) is 3.80. The van der Waals surface area contributed by atoms with Gasteiger partial charge < -0.3 is 10.1 Å². The van der Waals surface area contributed by atoms with Crippen molar-refractivity contribution in [3.8, 4) is 18.0 Å². The van der Waals surface area contributed by atoms with Gasteiger partial charge in [0.05, 0.1) is 16.8 Å². The van der Waals surface area contributed by atoms with Crippen LogP contribution in [-0.4, -0.2) is 4.98 Å². The van der Waals surface area contributed by atoms with Crippen molar-refractivity contribution < 1.29 is 4.74 Å². The van der Waals surface area contributed by atoms with Crippen LogP contribution in [0.2, 0.25) is 0 Å². The minimum atomic E-state index is 0.443. The molecule has 0 aliphatic carbocycles. The minimum Gasteiger partial charge on any atom is -0.473 e. The highest BCUT2D eigenvalue weighted by atomic mass is 16.5. The van der Waals surface area contributed by atoms with Gasteiger partial charge in [0, 0.05) is 18.8 Å². The van der Waals surface area contributed by atoms with Gasteiger partial charge in [-0.05, 0) is 29.3 Å². The van der Waals surface area contributed by atoms with Gasteiger partial charge in [-0.15, -0.1) is 0 Å². The molecule has 0 amide bonds. The number of aromatic nitrogens is 1. The van der Waals surface area contributed by atoms with Crippen molar-refractivity contribution in [2.24, 2.45) is 0 Å². The van der Waals surface area contributed by atoms with Crippen LogP contribution >= 0.6 is 0 Å². The summed E-state index contributed by atoms with van der Waals surface area (Å²) in [6.45, 7) is 0.901. The molecule has 0 bridgehead atoms. The van der Waals surface area contributed by atoms with Crippen LogP contribution in [0, 0.1) is 22.7 Å². The van der Waals surface area contributed by atoms with Gasteiger partial charge in [-0.25, -0.2) is 4.98 Å². The molecule has 2 aromatic carbocycles. The standard InChI is InChI=1S/C21H16N4O/c22-12-18-7-4-8-19(13-23)21(18)25-14-17-9-10-24-20(11-17)26-15-16-5-2-1-3-6-16/h1-11,25H,14-15H2. The first kappa shape index (κ1) is 17.0. The van der Waals surface area contributed by atoms with E-state index in [9.17, 15) is 10.5 Å². The molecule has 1 N–H and O–H groups in total. The Bertz CT molecular complexity index is 939. The molecule has 1 heterocycles. The zero-order valence-electron chi connectivity index (χ0n) is 14.0. The third kappa shape index (κ3) is 4.17. The van der Waals surface area contributed by atoms with Gasteiger partial charge in [-0.3, -0.25) is 0 Å². The van der Waals surface area contributed by atoms with Gasteiger partial charge in [-0.1, -0.05) is 36.4 Å². The van der Waals surface area contributed by atoms with Gasteiger partial charge in [0.1, 0.15) is 18.7 Å². The van der Waals surface area contributed by atoms with Crippen molar-refractivity contribution in [1.29, 1.82) is 10.5 Å². The molecule has 5 heteroatoms. The fourth-order valence-corrected chi connectivity index (χ4v) is 2.49. The number of nitrogens with one attached hydrogen (secondary N) is 1. The topological polar surface area (TPSA) is 81.7 Å². The molecule has 26 heavy (non-hydrogen) atoms. The predicted octanol–water partition coefficient (Wildman–Crippen LogP) is 4.02. The highest BCUT2D eigenvalue weighted by Gasteiger charge is 2.08. The summed E-state index contributed by atoms with van der Waals surface area (Å²) < 4.78 is 5.73. The van der Waals surface area contributed by atoms with Crippen molar-refractivity contribution in [2.75, 3.05) is 5.32 Å². The Hall–Kier alpha value is -3.83. The Kier molecular flexibility index (Phi) is 5.44. The maximum Gasteiger partial charge on any atom is 0.213 e. The molecule has 0 saturated heterocycles. The maximum absolute atomic E-state index is 9.23. The van der Waals surface area contributed by atoms with E-state index in [4.69, 9.17) is 4.74 Å². The molecular formula is C21H16N4O. The molecule has 0 saturated carbocycles. The summed E-state index contributed by atoms with van der Waals surface area (Å²) in [5.74, 6) is 0.530. The zero-order chi connectivity index (χ0) is 18.2. The van der Waals surface area contributed by atoms with Crippen LogP contribution in [0.3, 0.4) is 0 Å². The summed E-state index contributed by atoms with van der Waals surface area (Å²) in [5, 5.41) is 21.6. The van der Waals surface area contributed by atoms with E-state index in [2.05, 4.69) is 22.4 Å². The molecule has 0 radical (unpaired) electrons. The Morgan fingerprint density at radius 3 is 2.31 bits per heavy atom. The molecule has 0 aliphatic heterocycles. The highest BCUT2D eigenvalue weighted by Crippen LogP contribution is 2.21. The third-order valence-electron chi connectivity index (χ3n) is 3.80. The van der Waals surface area contributed by atoms with E-state index in [0.717, 1.165) is 11.1 Å². The lowest BCUT2D eigenvalue weighted by Gasteiger charge is -2.11. The van der Waals surface area contributed by atoms with Crippen molar-refractivity contribution in [3.63, 3.8) is 0 Å². The lowest BCUT2D eigenvalue weighted by molar-refractivity contribution is 0.293. The van der Waals surface area contributed by atoms with Crippen LogP contribution in [-0.2, 0) is 13.2 Å². The van der Waals surface area contributed by atoms with Crippen LogP contribution in [0.5, 0.6) is 5.88 Å². The molecule has 0 spiro atoms.